The van der Waals surface area contributed by atoms with Crippen LogP contribution in [0.2, 0.25) is 0 Å². The van der Waals surface area contributed by atoms with Gasteiger partial charge in [-0.25, -0.2) is 0 Å². The molecule has 29 heavy (non-hydrogen) atoms. The smallest absolute Gasteiger partial charge is 0.289 e. The molecule has 7 heteroatoms. The van der Waals surface area contributed by atoms with Crippen molar-refractivity contribution in [2.75, 3.05) is 45.0 Å². The Morgan fingerprint density at radius 1 is 1.07 bits per heavy atom. The monoisotopic (exact) mass is 415 g/mol. The summed E-state index contributed by atoms with van der Waals surface area (Å²) in [7, 11) is 0. The van der Waals surface area contributed by atoms with Crippen LogP contribution in [0.15, 0.2) is 30.3 Å². The second-order valence-corrected chi connectivity index (χ2v) is 9.50. The fourth-order valence-electron chi connectivity index (χ4n) is 4.90. The third kappa shape index (κ3) is 4.83. The molecule has 1 aromatic rings. The van der Waals surface area contributed by atoms with Crippen LogP contribution in [-0.2, 0) is 16.0 Å². The molecule has 1 aromatic carbocycles. The van der Waals surface area contributed by atoms with E-state index in [0.29, 0.717) is 0 Å². The molecule has 4 rings (SSSR count). The van der Waals surface area contributed by atoms with Crippen LogP contribution in [-0.4, -0.2) is 76.8 Å². The first-order chi connectivity index (χ1) is 14.0. The average Bonchev–Trinajstić information content (AvgIpc) is 3.27. The highest BCUT2D eigenvalue weighted by atomic mass is 32.2. The lowest BCUT2D eigenvalue weighted by Gasteiger charge is -2.40. The Kier molecular flexibility index (Phi) is 6.25. The van der Waals surface area contributed by atoms with Crippen LogP contribution in [0.4, 0.5) is 4.79 Å². The van der Waals surface area contributed by atoms with E-state index in [0.717, 1.165) is 75.1 Å². The van der Waals surface area contributed by atoms with Crippen LogP contribution < -0.4 is 0 Å². The number of thioether (sulfide) groups is 1. The lowest BCUT2D eigenvalue weighted by atomic mass is 9.79. The van der Waals surface area contributed by atoms with E-state index in [4.69, 9.17) is 0 Å². The van der Waals surface area contributed by atoms with Crippen molar-refractivity contribution in [1.82, 2.24) is 14.7 Å². The third-order valence-electron chi connectivity index (χ3n) is 6.45. The van der Waals surface area contributed by atoms with Gasteiger partial charge in [0.15, 0.2) is 0 Å². The van der Waals surface area contributed by atoms with E-state index < -0.39 is 0 Å². The molecule has 3 aliphatic rings. The molecule has 6 nitrogen and oxygen atoms in total. The van der Waals surface area contributed by atoms with Crippen LogP contribution >= 0.6 is 11.8 Å². The van der Waals surface area contributed by atoms with E-state index in [2.05, 4.69) is 35.2 Å². The number of amides is 3. The van der Waals surface area contributed by atoms with Crippen LogP contribution in [0, 0.1) is 5.41 Å². The fraction of sp³-hybridized carbons (Fsp3) is 0.591. The maximum atomic E-state index is 12.7. The minimum Gasteiger partial charge on any atom is -0.341 e. The first-order valence-electron chi connectivity index (χ1n) is 10.6. The standard InChI is InChI=1S/C22H29N3O3S/c26-19(14-25-20(27)15-29-21(25)28)24-13-10-22(17-24)9-5-12-23(16-22)11-4-8-18-6-2-1-3-7-18/h1-3,6-7H,4-5,8-17H2/t22-/m1/s1. The average molecular weight is 416 g/mol. The maximum absolute atomic E-state index is 12.7. The second kappa shape index (κ2) is 8.88. The minimum absolute atomic E-state index is 0.0905. The molecule has 0 radical (unpaired) electrons. The van der Waals surface area contributed by atoms with E-state index in [1.807, 2.05) is 4.90 Å². The van der Waals surface area contributed by atoms with Crippen molar-refractivity contribution >= 4 is 28.8 Å². The number of rotatable bonds is 6. The summed E-state index contributed by atoms with van der Waals surface area (Å²) in [6.45, 7) is 4.67. The van der Waals surface area contributed by atoms with Crippen molar-refractivity contribution in [3.8, 4) is 0 Å². The van der Waals surface area contributed by atoms with Crippen LogP contribution in [0.3, 0.4) is 0 Å². The SMILES string of the molecule is O=C(CN1C(=O)CSC1=O)N1CC[C@@]2(CCCN(CCCc3ccccc3)C2)C1. The largest absolute Gasteiger partial charge is 0.341 e. The zero-order valence-electron chi connectivity index (χ0n) is 16.8. The van der Waals surface area contributed by atoms with E-state index >= 15 is 0 Å². The maximum Gasteiger partial charge on any atom is 0.289 e. The first-order valence-corrected chi connectivity index (χ1v) is 11.5. The number of carbonyl (C=O) groups is 3. The number of nitrogens with zero attached hydrogens (tertiary/aromatic N) is 3. The summed E-state index contributed by atoms with van der Waals surface area (Å²) >= 11 is 0.986. The van der Waals surface area contributed by atoms with Crippen LogP contribution in [0.25, 0.3) is 0 Å². The minimum atomic E-state index is -0.292. The molecular weight excluding hydrogens is 386 g/mol. The topological polar surface area (TPSA) is 60.9 Å². The summed E-state index contributed by atoms with van der Waals surface area (Å²) in [4.78, 5) is 41.8. The summed E-state index contributed by atoms with van der Waals surface area (Å²) < 4.78 is 0. The van der Waals surface area contributed by atoms with Crippen LogP contribution in [0.1, 0.15) is 31.2 Å². The van der Waals surface area contributed by atoms with Crippen molar-refractivity contribution in [2.45, 2.75) is 32.1 Å². The van der Waals surface area contributed by atoms with E-state index in [-0.39, 0.29) is 34.8 Å². The van der Waals surface area contributed by atoms with Gasteiger partial charge in [0.2, 0.25) is 11.8 Å². The Bertz CT molecular complexity index is 756. The Morgan fingerprint density at radius 3 is 2.66 bits per heavy atom. The highest BCUT2D eigenvalue weighted by Gasteiger charge is 2.43. The van der Waals surface area contributed by atoms with Crippen molar-refractivity contribution in [2.24, 2.45) is 5.41 Å². The summed E-state index contributed by atoms with van der Waals surface area (Å²) in [6, 6.07) is 10.6. The van der Waals surface area contributed by atoms with E-state index in [1.54, 1.807) is 0 Å². The summed E-state index contributed by atoms with van der Waals surface area (Å²) in [5.41, 5.74) is 1.56. The predicted octanol–water partition coefficient (Wildman–Crippen LogP) is 2.63. The number of hydrogen-bond acceptors (Lipinski definition) is 5. The number of imide groups is 1. The number of piperidine rings is 1. The molecule has 156 valence electrons. The molecule has 0 aliphatic carbocycles. The van der Waals surface area contributed by atoms with E-state index in [1.165, 1.54) is 12.0 Å². The lowest BCUT2D eigenvalue weighted by molar-refractivity contribution is -0.136. The van der Waals surface area contributed by atoms with Gasteiger partial charge in [0.05, 0.1) is 5.75 Å². The van der Waals surface area contributed by atoms with Gasteiger partial charge in [-0.2, -0.15) is 0 Å². The molecule has 0 bridgehead atoms. The molecule has 1 atom stereocenters. The van der Waals surface area contributed by atoms with Gasteiger partial charge in [0, 0.05) is 25.0 Å². The Labute approximate surface area is 176 Å². The number of likely N-dealkylation sites (tertiary alicyclic amines) is 2. The van der Waals surface area contributed by atoms with Gasteiger partial charge < -0.3 is 9.80 Å². The van der Waals surface area contributed by atoms with Gasteiger partial charge in [-0.3, -0.25) is 19.3 Å². The third-order valence-corrected chi connectivity index (χ3v) is 7.31. The second-order valence-electron chi connectivity index (χ2n) is 8.57. The molecule has 0 unspecified atom stereocenters. The number of hydrogen-bond donors (Lipinski definition) is 0. The molecule has 3 amide bonds. The molecule has 3 saturated heterocycles. The zero-order chi connectivity index (χ0) is 20.3. The molecule has 3 heterocycles. The van der Waals surface area contributed by atoms with Crippen molar-refractivity contribution in [3.05, 3.63) is 35.9 Å². The highest BCUT2D eigenvalue weighted by Crippen LogP contribution is 2.39. The molecule has 0 aromatic heterocycles. The quantitative estimate of drug-likeness (QED) is 0.715. The van der Waals surface area contributed by atoms with Gasteiger partial charge in [-0.1, -0.05) is 42.1 Å². The van der Waals surface area contributed by atoms with Gasteiger partial charge >= 0.3 is 0 Å². The zero-order valence-corrected chi connectivity index (χ0v) is 17.7. The number of carbonyl (C=O) groups excluding carboxylic acids is 3. The summed E-state index contributed by atoms with van der Waals surface area (Å²) in [6.07, 6.45) is 5.60. The molecule has 3 fully saturated rings. The summed E-state index contributed by atoms with van der Waals surface area (Å²) in [5.74, 6) is -0.176. The molecule has 0 N–H and O–H groups in total. The molecule has 1 spiro atoms. The molecule has 3 aliphatic heterocycles. The van der Waals surface area contributed by atoms with Gasteiger partial charge in [0.1, 0.15) is 6.54 Å². The normalized spacial score (nSPS) is 25.4. The van der Waals surface area contributed by atoms with Gasteiger partial charge in [-0.05, 0) is 50.8 Å². The Morgan fingerprint density at radius 2 is 1.90 bits per heavy atom. The van der Waals surface area contributed by atoms with Crippen molar-refractivity contribution < 1.29 is 14.4 Å². The lowest BCUT2D eigenvalue weighted by Crippen LogP contribution is -2.47. The van der Waals surface area contributed by atoms with Crippen molar-refractivity contribution in [1.29, 1.82) is 0 Å². The number of aryl methyl sites for hydroxylation is 1. The highest BCUT2D eigenvalue weighted by molar-refractivity contribution is 8.14. The number of benzene rings is 1. The van der Waals surface area contributed by atoms with E-state index in [9.17, 15) is 14.4 Å². The predicted molar refractivity (Wildman–Crippen MR) is 114 cm³/mol. The van der Waals surface area contributed by atoms with Crippen molar-refractivity contribution in [3.63, 3.8) is 0 Å². The van der Waals surface area contributed by atoms with Gasteiger partial charge in [0.25, 0.3) is 5.24 Å². The Balaban J connectivity index is 1.27. The van der Waals surface area contributed by atoms with Gasteiger partial charge in [-0.15, -0.1) is 0 Å². The Hall–Kier alpha value is -1.86. The van der Waals surface area contributed by atoms with Crippen LogP contribution in [0.5, 0.6) is 0 Å². The molecule has 0 saturated carbocycles. The first kappa shape index (κ1) is 20.4. The molecular formula is C22H29N3O3S. The fourth-order valence-corrected chi connectivity index (χ4v) is 5.63. The summed E-state index contributed by atoms with van der Waals surface area (Å²) in [5, 5.41) is -0.292.